The number of nitrogens with two attached hydrogens (primary N) is 1. The smallest absolute Gasteiger partial charge is 0.416 e. The van der Waals surface area contributed by atoms with Crippen molar-refractivity contribution in [3.05, 3.63) is 51.5 Å². The number of alkyl halides is 3. The normalized spacial score (nSPS) is 16.6. The number of benzene rings is 2. The molecule has 214 valence electrons. The number of halogens is 4. The van der Waals surface area contributed by atoms with Crippen LogP contribution in [0, 0.1) is 6.92 Å². The van der Waals surface area contributed by atoms with Crippen molar-refractivity contribution in [2.24, 2.45) is 0 Å². The number of anilines is 2. The quantitative estimate of drug-likeness (QED) is 0.403. The Hall–Kier alpha value is -3.03. The molecule has 0 spiro atoms. The van der Waals surface area contributed by atoms with Crippen LogP contribution in [0.3, 0.4) is 0 Å². The second kappa shape index (κ2) is 11.6. The third kappa shape index (κ3) is 6.76. The van der Waals surface area contributed by atoms with E-state index in [1.807, 2.05) is 0 Å². The van der Waals surface area contributed by atoms with Gasteiger partial charge in [-0.2, -0.15) is 13.2 Å². The maximum absolute atomic E-state index is 14.2. The Kier molecular flexibility index (Phi) is 9.08. The average Bonchev–Trinajstić information content (AvgIpc) is 2.85. The standard InChI is InChI=1S/C25H30ClF3N4O5S/c1-4-39(37,38)20-8-7-14(2)10-19(20)32(3)23(34)16-11-18(25(27,28)29)17(21(26)22(16)30)13-33-9-5-6-15(12-33)31-24(35)36/h7-8,10-11,15,31H,4-6,9,12-13,30H2,1-3H3,(H,35,36)/t15-/m1/s1. The number of likely N-dealkylation sites (tertiary alicyclic amines) is 1. The highest BCUT2D eigenvalue weighted by Crippen LogP contribution is 2.41. The number of carbonyl (C=O) groups excluding carboxylic acids is 1. The van der Waals surface area contributed by atoms with Crippen LogP contribution in [-0.4, -0.2) is 62.4 Å². The number of rotatable bonds is 7. The van der Waals surface area contributed by atoms with Crippen molar-refractivity contribution >= 4 is 44.8 Å². The molecule has 9 nitrogen and oxygen atoms in total. The lowest BCUT2D eigenvalue weighted by atomic mass is 9.98. The van der Waals surface area contributed by atoms with Crippen LogP contribution in [0.15, 0.2) is 29.2 Å². The first-order valence-electron chi connectivity index (χ1n) is 12.1. The molecule has 2 aromatic rings. The van der Waals surface area contributed by atoms with Gasteiger partial charge in [0.1, 0.15) is 0 Å². The van der Waals surface area contributed by atoms with Crippen molar-refractivity contribution in [3.8, 4) is 0 Å². The molecule has 0 unspecified atom stereocenters. The van der Waals surface area contributed by atoms with Crippen LogP contribution in [0.5, 0.6) is 0 Å². The van der Waals surface area contributed by atoms with Gasteiger partial charge in [-0.3, -0.25) is 9.69 Å². The number of carbonyl (C=O) groups is 2. The average molecular weight is 591 g/mol. The SMILES string of the molecule is CCS(=O)(=O)c1ccc(C)cc1N(C)C(=O)c1cc(C(F)(F)F)c(CN2CCC[C@@H](NC(=O)O)C2)c(Cl)c1N. The van der Waals surface area contributed by atoms with E-state index in [0.717, 1.165) is 4.90 Å². The molecule has 0 aromatic heterocycles. The first-order valence-corrected chi connectivity index (χ1v) is 14.1. The third-order valence-corrected chi connectivity index (χ3v) is 8.86. The number of nitrogen functional groups attached to an aromatic ring is 1. The maximum Gasteiger partial charge on any atom is 0.416 e. The zero-order chi connectivity index (χ0) is 29.3. The Morgan fingerprint density at radius 1 is 1.28 bits per heavy atom. The van der Waals surface area contributed by atoms with Crippen molar-refractivity contribution in [3.63, 3.8) is 0 Å². The molecule has 1 aliphatic rings. The summed E-state index contributed by atoms with van der Waals surface area (Å²) >= 11 is 6.37. The number of sulfone groups is 1. The number of hydrogen-bond acceptors (Lipinski definition) is 6. The molecule has 4 N–H and O–H groups in total. The van der Waals surface area contributed by atoms with Crippen LogP contribution < -0.4 is 16.0 Å². The van der Waals surface area contributed by atoms with Gasteiger partial charge in [0.05, 0.1) is 38.2 Å². The fourth-order valence-corrected chi connectivity index (χ4v) is 5.97. The molecule has 0 saturated carbocycles. The molecular weight excluding hydrogens is 561 g/mol. The summed E-state index contributed by atoms with van der Waals surface area (Å²) in [5.41, 5.74) is 4.37. The lowest BCUT2D eigenvalue weighted by molar-refractivity contribution is -0.138. The molecule has 1 atom stereocenters. The lowest BCUT2D eigenvalue weighted by Crippen LogP contribution is -2.47. The van der Waals surface area contributed by atoms with Crippen LogP contribution in [0.2, 0.25) is 5.02 Å². The molecule has 1 saturated heterocycles. The van der Waals surface area contributed by atoms with E-state index < -0.39 is 50.2 Å². The molecule has 14 heteroatoms. The number of piperidine rings is 1. The van der Waals surface area contributed by atoms with E-state index >= 15 is 0 Å². The van der Waals surface area contributed by atoms with Crippen LogP contribution in [0.1, 0.15) is 46.8 Å². The lowest BCUT2D eigenvalue weighted by Gasteiger charge is -2.33. The highest BCUT2D eigenvalue weighted by molar-refractivity contribution is 7.91. The topological polar surface area (TPSA) is 133 Å². The minimum Gasteiger partial charge on any atom is -0.465 e. The van der Waals surface area contributed by atoms with Gasteiger partial charge in [0.25, 0.3) is 5.91 Å². The van der Waals surface area contributed by atoms with Crippen LogP contribution in [-0.2, 0) is 22.6 Å². The van der Waals surface area contributed by atoms with Gasteiger partial charge in [-0.05, 0) is 55.6 Å². The molecule has 1 aliphatic heterocycles. The Morgan fingerprint density at radius 2 is 1.95 bits per heavy atom. The first kappa shape index (κ1) is 30.5. The van der Waals surface area contributed by atoms with Gasteiger partial charge in [-0.25, -0.2) is 13.2 Å². The number of nitrogens with zero attached hydrogens (tertiary/aromatic N) is 2. The summed E-state index contributed by atoms with van der Waals surface area (Å²) < 4.78 is 68.0. The highest BCUT2D eigenvalue weighted by Gasteiger charge is 2.38. The Bertz CT molecular complexity index is 1380. The van der Waals surface area contributed by atoms with Crippen LogP contribution >= 0.6 is 11.6 Å². The summed E-state index contributed by atoms with van der Waals surface area (Å²) in [5.74, 6) is -1.21. The summed E-state index contributed by atoms with van der Waals surface area (Å²) in [4.78, 5) is 26.9. The summed E-state index contributed by atoms with van der Waals surface area (Å²) in [6.07, 6.45) is -5.02. The molecule has 0 aliphatic carbocycles. The largest absolute Gasteiger partial charge is 0.465 e. The number of aryl methyl sites for hydroxylation is 1. The maximum atomic E-state index is 14.2. The summed E-state index contributed by atoms with van der Waals surface area (Å²) in [5, 5.41) is 10.9. The second-order valence-electron chi connectivity index (χ2n) is 9.44. The van der Waals surface area contributed by atoms with Crippen LogP contribution in [0.4, 0.5) is 29.3 Å². The Balaban J connectivity index is 2.05. The fraction of sp³-hybridized carbons (Fsp3) is 0.440. The van der Waals surface area contributed by atoms with E-state index in [1.54, 1.807) is 17.9 Å². The predicted octanol–water partition coefficient (Wildman–Crippen LogP) is 4.55. The molecule has 0 bridgehead atoms. The van der Waals surface area contributed by atoms with Gasteiger partial charge < -0.3 is 21.1 Å². The van der Waals surface area contributed by atoms with Gasteiger partial charge in [-0.1, -0.05) is 24.6 Å². The summed E-state index contributed by atoms with van der Waals surface area (Å²) in [6.45, 7) is 3.44. The minimum absolute atomic E-state index is 0.000275. The predicted molar refractivity (Wildman–Crippen MR) is 142 cm³/mol. The number of amides is 2. The van der Waals surface area contributed by atoms with Crippen molar-refractivity contribution in [2.45, 2.75) is 50.3 Å². The fourth-order valence-electron chi connectivity index (χ4n) is 4.61. The van der Waals surface area contributed by atoms with Crippen molar-refractivity contribution in [1.29, 1.82) is 0 Å². The van der Waals surface area contributed by atoms with Gasteiger partial charge >= 0.3 is 12.3 Å². The molecule has 0 radical (unpaired) electrons. The monoisotopic (exact) mass is 590 g/mol. The zero-order valence-electron chi connectivity index (χ0n) is 21.6. The van der Waals surface area contributed by atoms with Gasteiger partial charge in [0.15, 0.2) is 9.84 Å². The van der Waals surface area contributed by atoms with Gasteiger partial charge in [0, 0.05) is 26.2 Å². The number of carboxylic acid groups (broad SMARTS) is 1. The zero-order valence-corrected chi connectivity index (χ0v) is 23.2. The van der Waals surface area contributed by atoms with Gasteiger partial charge in [0.2, 0.25) is 0 Å². The first-order chi connectivity index (χ1) is 18.1. The molecular formula is C25H30ClF3N4O5S. The molecule has 1 fully saturated rings. The van der Waals surface area contributed by atoms with E-state index in [-0.39, 0.29) is 40.7 Å². The molecule has 39 heavy (non-hydrogen) atoms. The number of hydrogen-bond donors (Lipinski definition) is 3. The molecule has 2 aromatic carbocycles. The third-order valence-electron chi connectivity index (χ3n) is 6.65. The summed E-state index contributed by atoms with van der Waals surface area (Å²) in [7, 11) is -2.52. The molecule has 2 amide bonds. The summed E-state index contributed by atoms with van der Waals surface area (Å²) in [6, 6.07) is 4.53. The minimum atomic E-state index is -4.89. The van der Waals surface area contributed by atoms with E-state index in [1.165, 1.54) is 26.1 Å². The van der Waals surface area contributed by atoms with E-state index in [4.69, 9.17) is 22.4 Å². The number of nitrogens with one attached hydrogen (secondary N) is 1. The second-order valence-corrected chi connectivity index (χ2v) is 12.1. The van der Waals surface area contributed by atoms with E-state index in [2.05, 4.69) is 5.32 Å². The van der Waals surface area contributed by atoms with E-state index in [0.29, 0.717) is 31.0 Å². The van der Waals surface area contributed by atoms with Crippen molar-refractivity contribution < 1.29 is 36.3 Å². The van der Waals surface area contributed by atoms with Crippen LogP contribution in [0.25, 0.3) is 0 Å². The molecule has 3 rings (SSSR count). The molecule has 1 heterocycles. The van der Waals surface area contributed by atoms with E-state index in [9.17, 15) is 31.2 Å². The van der Waals surface area contributed by atoms with Crippen molar-refractivity contribution in [2.75, 3.05) is 36.5 Å². The highest BCUT2D eigenvalue weighted by atomic mass is 35.5. The Morgan fingerprint density at radius 3 is 2.54 bits per heavy atom. The van der Waals surface area contributed by atoms with Crippen molar-refractivity contribution in [1.82, 2.24) is 10.2 Å². The van der Waals surface area contributed by atoms with Gasteiger partial charge in [-0.15, -0.1) is 0 Å². The Labute approximate surface area is 229 Å².